The van der Waals surface area contributed by atoms with Crippen molar-refractivity contribution in [3.63, 3.8) is 0 Å². The van der Waals surface area contributed by atoms with E-state index in [2.05, 4.69) is 6.92 Å². The lowest BCUT2D eigenvalue weighted by atomic mass is 10.1. The van der Waals surface area contributed by atoms with Gasteiger partial charge in [-0.15, -0.1) is 0 Å². The smallest absolute Gasteiger partial charge is 0.257 e. The molecule has 0 unspecified atom stereocenters. The van der Waals surface area contributed by atoms with E-state index < -0.39 is 0 Å². The zero-order valence-electron chi connectivity index (χ0n) is 11.3. The van der Waals surface area contributed by atoms with Crippen molar-refractivity contribution in [1.82, 2.24) is 4.57 Å². The summed E-state index contributed by atoms with van der Waals surface area (Å²) in [5.41, 5.74) is 0.467. The number of fused-ring (bicyclic) bond motifs is 1. The van der Waals surface area contributed by atoms with Crippen LogP contribution in [0.15, 0.2) is 41.2 Å². The zero-order valence-corrected chi connectivity index (χ0v) is 11.3. The Kier molecular flexibility index (Phi) is 4.50. The molecular formula is C16H19NO2. The number of hydrogen-bond donors (Lipinski definition) is 0. The largest absolute Gasteiger partial charge is 0.274 e. The van der Waals surface area contributed by atoms with Crippen LogP contribution in [0.25, 0.3) is 10.9 Å². The maximum atomic E-state index is 12.2. The minimum atomic E-state index is -0.237. The summed E-state index contributed by atoms with van der Waals surface area (Å²) >= 11 is 0. The van der Waals surface area contributed by atoms with Gasteiger partial charge in [0.05, 0.1) is 5.52 Å². The van der Waals surface area contributed by atoms with Gasteiger partial charge >= 0.3 is 0 Å². The fourth-order valence-electron chi connectivity index (χ4n) is 2.26. The van der Waals surface area contributed by atoms with E-state index in [1.165, 1.54) is 10.6 Å². The Morgan fingerprint density at radius 1 is 1.05 bits per heavy atom. The van der Waals surface area contributed by atoms with Gasteiger partial charge in [-0.05, 0) is 23.9 Å². The first kappa shape index (κ1) is 13.5. The summed E-state index contributed by atoms with van der Waals surface area (Å²) in [7, 11) is 0. The van der Waals surface area contributed by atoms with Crippen molar-refractivity contribution in [1.29, 1.82) is 0 Å². The molecule has 3 nitrogen and oxygen atoms in total. The third kappa shape index (κ3) is 3.11. The number of benzene rings is 1. The molecule has 1 aromatic carbocycles. The summed E-state index contributed by atoms with van der Waals surface area (Å²) in [6, 6.07) is 10.7. The van der Waals surface area contributed by atoms with E-state index in [4.69, 9.17) is 0 Å². The van der Waals surface area contributed by atoms with Gasteiger partial charge in [0.25, 0.3) is 5.56 Å². The van der Waals surface area contributed by atoms with E-state index in [1.54, 1.807) is 6.07 Å². The highest BCUT2D eigenvalue weighted by molar-refractivity contribution is 5.91. The number of rotatable bonds is 5. The van der Waals surface area contributed by atoms with Gasteiger partial charge in [0.15, 0.2) is 0 Å². The Bertz CT molecular complexity index is 628. The van der Waals surface area contributed by atoms with Crippen molar-refractivity contribution >= 4 is 16.8 Å². The number of hydrogen-bond acceptors (Lipinski definition) is 2. The van der Waals surface area contributed by atoms with Crippen molar-refractivity contribution in [2.75, 3.05) is 0 Å². The maximum absolute atomic E-state index is 12.2. The number of aromatic nitrogens is 1. The molecule has 0 saturated carbocycles. The normalized spacial score (nSPS) is 10.8. The van der Waals surface area contributed by atoms with Crippen LogP contribution in [0.2, 0.25) is 0 Å². The van der Waals surface area contributed by atoms with Gasteiger partial charge in [0, 0.05) is 12.5 Å². The van der Waals surface area contributed by atoms with Crippen molar-refractivity contribution in [3.05, 3.63) is 46.8 Å². The number of pyridine rings is 1. The first-order chi connectivity index (χ1) is 9.24. The monoisotopic (exact) mass is 257 g/mol. The quantitative estimate of drug-likeness (QED) is 0.767. The van der Waals surface area contributed by atoms with Crippen molar-refractivity contribution in [2.24, 2.45) is 0 Å². The highest BCUT2D eigenvalue weighted by Gasteiger charge is 2.10. The van der Waals surface area contributed by atoms with Gasteiger partial charge in [-0.2, -0.15) is 0 Å². The van der Waals surface area contributed by atoms with Crippen LogP contribution >= 0.6 is 0 Å². The van der Waals surface area contributed by atoms with E-state index in [0.717, 1.165) is 31.1 Å². The third-order valence-corrected chi connectivity index (χ3v) is 3.30. The van der Waals surface area contributed by atoms with Crippen LogP contribution in [0.4, 0.5) is 0 Å². The van der Waals surface area contributed by atoms with Crippen molar-refractivity contribution in [3.8, 4) is 0 Å². The molecule has 100 valence electrons. The van der Waals surface area contributed by atoms with Crippen LogP contribution in [0, 0.1) is 0 Å². The number of carbonyl (C=O) groups is 1. The van der Waals surface area contributed by atoms with Gasteiger partial charge in [-0.3, -0.25) is 9.59 Å². The van der Waals surface area contributed by atoms with Crippen LogP contribution in [0.1, 0.15) is 43.8 Å². The molecule has 0 bridgehead atoms. The lowest BCUT2D eigenvalue weighted by molar-refractivity contribution is 0.0900. The minimum absolute atomic E-state index is 0.0992. The lowest BCUT2D eigenvalue weighted by Gasteiger charge is -2.08. The van der Waals surface area contributed by atoms with E-state index >= 15 is 0 Å². The van der Waals surface area contributed by atoms with Gasteiger partial charge in [0.2, 0.25) is 5.91 Å². The summed E-state index contributed by atoms with van der Waals surface area (Å²) in [5.74, 6) is -0.0992. The molecule has 0 aliphatic carbocycles. The molecular weight excluding hydrogens is 238 g/mol. The molecule has 1 aromatic heterocycles. The van der Waals surface area contributed by atoms with Crippen molar-refractivity contribution < 1.29 is 4.79 Å². The van der Waals surface area contributed by atoms with E-state index in [1.807, 2.05) is 24.3 Å². The van der Waals surface area contributed by atoms with Crippen LogP contribution in [0.3, 0.4) is 0 Å². The molecule has 0 radical (unpaired) electrons. The molecule has 3 heteroatoms. The van der Waals surface area contributed by atoms with Crippen LogP contribution in [0.5, 0.6) is 0 Å². The predicted molar refractivity (Wildman–Crippen MR) is 77.6 cm³/mol. The molecule has 2 rings (SSSR count). The predicted octanol–water partition coefficient (Wildman–Crippen LogP) is 3.61. The van der Waals surface area contributed by atoms with Crippen LogP contribution in [-0.2, 0) is 0 Å². The average Bonchev–Trinajstić information content (AvgIpc) is 2.43. The number of carbonyl (C=O) groups excluding carboxylic acids is 1. The Morgan fingerprint density at radius 2 is 1.84 bits per heavy atom. The van der Waals surface area contributed by atoms with E-state index in [0.29, 0.717) is 11.9 Å². The second kappa shape index (κ2) is 6.32. The van der Waals surface area contributed by atoms with E-state index in [9.17, 15) is 9.59 Å². The molecule has 0 aliphatic heterocycles. The topological polar surface area (TPSA) is 39.1 Å². The van der Waals surface area contributed by atoms with Crippen molar-refractivity contribution in [2.45, 2.75) is 39.0 Å². The lowest BCUT2D eigenvalue weighted by Crippen LogP contribution is -2.26. The van der Waals surface area contributed by atoms with Gasteiger partial charge in [-0.25, -0.2) is 4.57 Å². The first-order valence-corrected chi connectivity index (χ1v) is 6.88. The molecule has 0 fully saturated rings. The molecule has 0 spiro atoms. The maximum Gasteiger partial charge on any atom is 0.257 e. The SMILES string of the molecule is CCCCCCC(=O)n1c(=O)ccc2ccccc21. The zero-order chi connectivity index (χ0) is 13.7. The Morgan fingerprint density at radius 3 is 2.63 bits per heavy atom. The first-order valence-electron chi connectivity index (χ1n) is 6.88. The highest BCUT2D eigenvalue weighted by Crippen LogP contribution is 2.12. The number of nitrogens with zero attached hydrogens (tertiary/aromatic N) is 1. The molecule has 2 aromatic rings. The fourth-order valence-corrected chi connectivity index (χ4v) is 2.26. The summed E-state index contributed by atoms with van der Waals surface area (Å²) in [6.45, 7) is 2.14. The molecule has 0 atom stereocenters. The van der Waals surface area contributed by atoms with Gasteiger partial charge in [0.1, 0.15) is 0 Å². The second-order valence-corrected chi connectivity index (χ2v) is 4.77. The Hall–Kier alpha value is -1.90. The summed E-state index contributed by atoms with van der Waals surface area (Å²) in [4.78, 5) is 24.1. The standard InChI is InChI=1S/C16H19NO2/c1-2-3-4-5-10-15(18)17-14-9-7-6-8-13(14)11-12-16(17)19/h6-9,11-12H,2-5,10H2,1H3. The highest BCUT2D eigenvalue weighted by atomic mass is 16.2. The molecule has 0 N–H and O–H groups in total. The summed E-state index contributed by atoms with van der Waals surface area (Å²) < 4.78 is 1.31. The summed E-state index contributed by atoms with van der Waals surface area (Å²) in [5, 5.41) is 0.920. The van der Waals surface area contributed by atoms with Crippen LogP contribution < -0.4 is 5.56 Å². The Balaban J connectivity index is 2.26. The second-order valence-electron chi connectivity index (χ2n) is 4.77. The minimum Gasteiger partial charge on any atom is -0.274 e. The van der Waals surface area contributed by atoms with E-state index in [-0.39, 0.29) is 11.5 Å². The molecule has 19 heavy (non-hydrogen) atoms. The molecule has 1 heterocycles. The molecule has 0 saturated heterocycles. The molecule has 0 aliphatic rings. The molecule has 0 amide bonds. The van der Waals surface area contributed by atoms with Gasteiger partial charge < -0.3 is 0 Å². The summed E-state index contributed by atoms with van der Waals surface area (Å²) in [6.07, 6.45) is 4.61. The number of unbranched alkanes of at least 4 members (excludes halogenated alkanes) is 3. The van der Waals surface area contributed by atoms with Crippen LogP contribution in [-0.4, -0.2) is 10.5 Å². The third-order valence-electron chi connectivity index (χ3n) is 3.30. The fraction of sp³-hybridized carbons (Fsp3) is 0.375. The van der Waals surface area contributed by atoms with Gasteiger partial charge in [-0.1, -0.05) is 44.4 Å². The Labute approximate surface area is 112 Å². The number of para-hydroxylation sites is 1. The average molecular weight is 257 g/mol.